The van der Waals surface area contributed by atoms with E-state index in [-0.39, 0.29) is 11.5 Å². The van der Waals surface area contributed by atoms with Gasteiger partial charge in [0.15, 0.2) is 0 Å². The second-order valence-corrected chi connectivity index (χ2v) is 6.33. The van der Waals surface area contributed by atoms with Gasteiger partial charge in [-0.3, -0.25) is 4.79 Å². The second-order valence-electron chi connectivity index (χ2n) is 5.54. The number of aryl methyl sites for hydroxylation is 2. The van der Waals surface area contributed by atoms with Crippen LogP contribution in [-0.2, 0) is 6.42 Å². The summed E-state index contributed by atoms with van der Waals surface area (Å²) in [5.41, 5.74) is 4.32. The molecular weight excluding hydrogens is 316 g/mol. The minimum atomic E-state index is -0.108. The van der Waals surface area contributed by atoms with E-state index in [9.17, 15) is 4.79 Å². The topological polar surface area (TPSA) is 45.8 Å². The predicted octanol–water partition coefficient (Wildman–Crippen LogP) is 3.86. The molecule has 0 unspecified atom stereocenters. The van der Waals surface area contributed by atoms with Crippen molar-refractivity contribution >= 4 is 15.9 Å². The molecular formula is C16H19BrN2O. The van der Waals surface area contributed by atoms with E-state index in [1.165, 1.54) is 16.7 Å². The largest absolute Gasteiger partial charge is 0.309 e. The molecule has 0 radical (unpaired) electrons. The van der Waals surface area contributed by atoms with Crippen molar-refractivity contribution in [2.45, 2.75) is 40.0 Å². The van der Waals surface area contributed by atoms with Crippen LogP contribution in [0.1, 0.15) is 48.0 Å². The highest BCUT2D eigenvalue weighted by atomic mass is 79.9. The molecule has 2 aromatic rings. The van der Waals surface area contributed by atoms with Crippen molar-refractivity contribution in [2.24, 2.45) is 0 Å². The minimum absolute atomic E-state index is 0.108. The summed E-state index contributed by atoms with van der Waals surface area (Å²) in [6.07, 6.45) is 0.644. The summed E-state index contributed by atoms with van der Waals surface area (Å²) in [7, 11) is 0. The molecule has 0 atom stereocenters. The van der Waals surface area contributed by atoms with Crippen molar-refractivity contribution in [2.75, 3.05) is 0 Å². The normalized spacial score (nSPS) is 11.1. The lowest BCUT2D eigenvalue weighted by Gasteiger charge is -2.10. The van der Waals surface area contributed by atoms with Crippen molar-refractivity contribution in [3.63, 3.8) is 0 Å². The Morgan fingerprint density at radius 3 is 2.35 bits per heavy atom. The van der Waals surface area contributed by atoms with Crippen LogP contribution < -0.4 is 5.56 Å². The van der Waals surface area contributed by atoms with Crippen LogP contribution in [0.25, 0.3) is 0 Å². The van der Waals surface area contributed by atoms with E-state index in [1.807, 2.05) is 13.8 Å². The lowest BCUT2D eigenvalue weighted by molar-refractivity contribution is 0.775. The van der Waals surface area contributed by atoms with Crippen LogP contribution in [0.5, 0.6) is 0 Å². The number of benzene rings is 1. The Morgan fingerprint density at radius 1 is 1.20 bits per heavy atom. The van der Waals surface area contributed by atoms with E-state index in [1.54, 1.807) is 0 Å². The molecule has 20 heavy (non-hydrogen) atoms. The molecule has 3 nitrogen and oxygen atoms in total. The molecule has 0 fully saturated rings. The highest BCUT2D eigenvalue weighted by Gasteiger charge is 2.12. The molecule has 0 spiro atoms. The number of halogens is 1. The first-order valence-electron chi connectivity index (χ1n) is 6.72. The summed E-state index contributed by atoms with van der Waals surface area (Å²) in [6, 6.07) is 6.40. The third kappa shape index (κ3) is 3.37. The number of nitrogens with one attached hydrogen (secondary N) is 1. The number of hydrogen-bond acceptors (Lipinski definition) is 2. The Hall–Kier alpha value is -1.42. The molecule has 4 heteroatoms. The molecule has 106 valence electrons. The highest BCUT2D eigenvalue weighted by molar-refractivity contribution is 9.10. The summed E-state index contributed by atoms with van der Waals surface area (Å²) in [5, 5.41) is 0. The maximum atomic E-state index is 11.9. The number of rotatable bonds is 3. The van der Waals surface area contributed by atoms with Gasteiger partial charge in [0.25, 0.3) is 5.56 Å². The number of aromatic amines is 1. The van der Waals surface area contributed by atoms with Gasteiger partial charge in [0.1, 0.15) is 10.3 Å². The van der Waals surface area contributed by atoms with E-state index in [0.29, 0.717) is 16.7 Å². The SMILES string of the molecule is Cc1cc(C)cc(Cc2nc(C(C)C)c(Br)c(=O)[nH]2)c1. The molecule has 1 aromatic heterocycles. The Bertz CT molecular complexity index is 669. The fourth-order valence-electron chi connectivity index (χ4n) is 2.36. The first-order valence-corrected chi connectivity index (χ1v) is 7.52. The standard InChI is InChI=1S/C16H19BrN2O/c1-9(2)15-14(17)16(20)19-13(18-15)8-12-6-10(3)5-11(4)7-12/h5-7,9H,8H2,1-4H3,(H,18,19,20). The first-order chi connectivity index (χ1) is 9.36. The molecule has 0 aliphatic heterocycles. The average molecular weight is 335 g/mol. The van der Waals surface area contributed by atoms with Crippen LogP contribution in [0.3, 0.4) is 0 Å². The van der Waals surface area contributed by atoms with Crippen LogP contribution in [0.15, 0.2) is 27.5 Å². The van der Waals surface area contributed by atoms with Crippen molar-refractivity contribution in [1.29, 1.82) is 0 Å². The fraction of sp³-hybridized carbons (Fsp3) is 0.375. The summed E-state index contributed by atoms with van der Waals surface area (Å²) in [5.74, 6) is 0.927. The molecule has 0 aliphatic rings. The summed E-state index contributed by atoms with van der Waals surface area (Å²) in [4.78, 5) is 19.4. The van der Waals surface area contributed by atoms with Gasteiger partial charge in [0.2, 0.25) is 0 Å². The fourth-order valence-corrected chi connectivity index (χ4v) is 3.00. The van der Waals surface area contributed by atoms with Crippen LogP contribution in [-0.4, -0.2) is 9.97 Å². The Balaban J connectivity index is 2.41. The van der Waals surface area contributed by atoms with E-state index in [0.717, 1.165) is 5.69 Å². The number of H-pyrrole nitrogens is 1. The molecule has 0 bridgehead atoms. The maximum Gasteiger partial charge on any atom is 0.265 e. The van der Waals surface area contributed by atoms with Crippen molar-refractivity contribution < 1.29 is 0 Å². The number of hydrogen-bond donors (Lipinski definition) is 1. The molecule has 1 N–H and O–H groups in total. The Kier molecular flexibility index (Phi) is 4.43. The van der Waals surface area contributed by atoms with Gasteiger partial charge in [-0.05, 0) is 41.3 Å². The summed E-state index contributed by atoms with van der Waals surface area (Å²) < 4.78 is 0.539. The van der Waals surface area contributed by atoms with Crippen LogP contribution in [0.4, 0.5) is 0 Å². The van der Waals surface area contributed by atoms with Gasteiger partial charge in [-0.25, -0.2) is 4.98 Å². The predicted molar refractivity (Wildman–Crippen MR) is 85.4 cm³/mol. The third-order valence-corrected chi connectivity index (χ3v) is 3.90. The van der Waals surface area contributed by atoms with E-state index in [4.69, 9.17) is 0 Å². The van der Waals surface area contributed by atoms with Crippen LogP contribution in [0.2, 0.25) is 0 Å². The van der Waals surface area contributed by atoms with E-state index < -0.39 is 0 Å². The van der Waals surface area contributed by atoms with Gasteiger partial charge in [0, 0.05) is 6.42 Å². The number of aromatic nitrogens is 2. The molecule has 1 aromatic carbocycles. The smallest absolute Gasteiger partial charge is 0.265 e. The van der Waals surface area contributed by atoms with E-state index >= 15 is 0 Å². The summed E-state index contributed by atoms with van der Waals surface area (Å²) in [6.45, 7) is 8.22. The Labute approximate surface area is 127 Å². The monoisotopic (exact) mass is 334 g/mol. The number of nitrogens with zero attached hydrogens (tertiary/aromatic N) is 1. The minimum Gasteiger partial charge on any atom is -0.309 e. The van der Waals surface area contributed by atoms with Crippen LogP contribution in [0, 0.1) is 13.8 Å². The summed E-state index contributed by atoms with van der Waals surface area (Å²) >= 11 is 3.32. The highest BCUT2D eigenvalue weighted by Crippen LogP contribution is 2.19. The van der Waals surface area contributed by atoms with Gasteiger partial charge in [-0.15, -0.1) is 0 Å². The third-order valence-electron chi connectivity index (χ3n) is 3.14. The maximum absolute atomic E-state index is 11.9. The molecule has 0 saturated carbocycles. The molecule has 0 amide bonds. The quantitative estimate of drug-likeness (QED) is 0.926. The van der Waals surface area contributed by atoms with E-state index in [2.05, 4.69) is 57.9 Å². The zero-order valence-corrected chi connectivity index (χ0v) is 13.8. The van der Waals surface area contributed by atoms with Gasteiger partial charge in [-0.2, -0.15) is 0 Å². The molecule has 1 heterocycles. The lowest BCUT2D eigenvalue weighted by atomic mass is 10.0. The van der Waals surface area contributed by atoms with Gasteiger partial charge in [-0.1, -0.05) is 43.2 Å². The average Bonchev–Trinajstić information content (AvgIpc) is 2.31. The van der Waals surface area contributed by atoms with Gasteiger partial charge >= 0.3 is 0 Å². The first kappa shape index (κ1) is 15.0. The lowest BCUT2D eigenvalue weighted by Crippen LogP contribution is -2.16. The zero-order chi connectivity index (χ0) is 14.9. The van der Waals surface area contributed by atoms with Gasteiger partial charge in [0.05, 0.1) is 5.69 Å². The van der Waals surface area contributed by atoms with Crippen molar-refractivity contribution in [3.05, 3.63) is 61.2 Å². The van der Waals surface area contributed by atoms with Crippen LogP contribution >= 0.6 is 15.9 Å². The molecule has 2 rings (SSSR count). The van der Waals surface area contributed by atoms with Gasteiger partial charge < -0.3 is 4.98 Å². The zero-order valence-electron chi connectivity index (χ0n) is 12.2. The molecule has 0 aliphatic carbocycles. The molecule has 0 saturated heterocycles. The second kappa shape index (κ2) is 5.92. The van der Waals surface area contributed by atoms with Crippen molar-refractivity contribution in [3.8, 4) is 0 Å². The Morgan fingerprint density at radius 2 is 1.80 bits per heavy atom. The van der Waals surface area contributed by atoms with Crippen molar-refractivity contribution in [1.82, 2.24) is 9.97 Å².